The standard InChI is InChI=1S/C29H32N2O7/c1-17(27(33)34)22-16-30-25(21-15-24(37-5)23(36-4)14-20(21)22)26(32)18-9-8-10-19(13-18)38-29(2,3)28(35)31-11-6-7-12-31/h8-10,13-17H,6-7,11-12H2,1-5H3,(H,33,34). The fraction of sp³-hybridized carbons (Fsp3) is 0.379. The minimum atomic E-state index is -1.10. The van der Waals surface area contributed by atoms with Gasteiger partial charge in [0.2, 0.25) is 5.78 Å². The van der Waals surface area contributed by atoms with E-state index in [9.17, 15) is 19.5 Å². The zero-order valence-corrected chi connectivity index (χ0v) is 22.2. The Kier molecular flexibility index (Phi) is 7.57. The van der Waals surface area contributed by atoms with Gasteiger partial charge in [0, 0.05) is 30.2 Å². The molecular formula is C29H32N2O7. The number of likely N-dealkylation sites (tertiary alicyclic amines) is 1. The lowest BCUT2D eigenvalue weighted by Gasteiger charge is -2.30. The van der Waals surface area contributed by atoms with Crippen molar-refractivity contribution in [2.45, 2.75) is 45.1 Å². The van der Waals surface area contributed by atoms with E-state index in [1.54, 1.807) is 62.1 Å². The van der Waals surface area contributed by atoms with Gasteiger partial charge in [-0.05, 0) is 68.8 Å². The normalized spacial score (nSPS) is 14.3. The molecule has 1 aliphatic heterocycles. The number of ketones is 1. The summed E-state index contributed by atoms with van der Waals surface area (Å²) in [5.41, 5.74) is -0.208. The maximum Gasteiger partial charge on any atom is 0.310 e. The summed E-state index contributed by atoms with van der Waals surface area (Å²) in [7, 11) is 2.97. The second kappa shape index (κ2) is 10.7. The number of hydrogen-bond donors (Lipinski definition) is 1. The van der Waals surface area contributed by atoms with Gasteiger partial charge in [-0.1, -0.05) is 12.1 Å². The maximum atomic E-state index is 13.7. The molecule has 0 aliphatic carbocycles. The summed E-state index contributed by atoms with van der Waals surface area (Å²) in [6.07, 6.45) is 3.37. The Labute approximate surface area is 221 Å². The third-order valence-electron chi connectivity index (χ3n) is 6.85. The minimum absolute atomic E-state index is 0.0939. The summed E-state index contributed by atoms with van der Waals surface area (Å²) in [5, 5.41) is 10.6. The SMILES string of the molecule is COc1cc2c(C(C)C(=O)O)cnc(C(=O)c3cccc(OC(C)(C)C(=O)N4CCCC4)c3)c2cc1OC. The van der Waals surface area contributed by atoms with Crippen LogP contribution in [0.5, 0.6) is 17.2 Å². The molecule has 9 heteroatoms. The van der Waals surface area contributed by atoms with Crippen molar-refractivity contribution in [2.24, 2.45) is 0 Å². The lowest BCUT2D eigenvalue weighted by molar-refractivity contribution is -0.144. The first kappa shape index (κ1) is 26.9. The number of carbonyl (C=O) groups excluding carboxylic acids is 2. The predicted octanol–water partition coefficient (Wildman–Crippen LogP) is 4.45. The number of nitrogens with zero attached hydrogens (tertiary/aromatic N) is 2. The molecule has 38 heavy (non-hydrogen) atoms. The van der Waals surface area contributed by atoms with Crippen LogP contribution in [0.1, 0.15) is 61.1 Å². The van der Waals surface area contributed by atoms with Gasteiger partial charge in [-0.3, -0.25) is 19.4 Å². The van der Waals surface area contributed by atoms with Gasteiger partial charge in [0.05, 0.1) is 20.1 Å². The lowest BCUT2D eigenvalue weighted by atomic mass is 9.93. The molecule has 1 unspecified atom stereocenters. The molecule has 3 aromatic rings. The van der Waals surface area contributed by atoms with Crippen LogP contribution in [0.4, 0.5) is 0 Å². The van der Waals surface area contributed by atoms with E-state index in [1.807, 2.05) is 0 Å². The molecule has 0 radical (unpaired) electrons. The largest absolute Gasteiger partial charge is 0.493 e. The quantitative estimate of drug-likeness (QED) is 0.412. The smallest absolute Gasteiger partial charge is 0.310 e. The summed E-state index contributed by atoms with van der Waals surface area (Å²) in [4.78, 5) is 44.6. The minimum Gasteiger partial charge on any atom is -0.493 e. The van der Waals surface area contributed by atoms with Crippen LogP contribution in [0.2, 0.25) is 0 Å². The van der Waals surface area contributed by atoms with E-state index in [-0.39, 0.29) is 17.4 Å². The number of ether oxygens (including phenoxy) is 3. The average molecular weight is 521 g/mol. The molecule has 4 rings (SSSR count). The van der Waals surface area contributed by atoms with Gasteiger partial charge in [-0.15, -0.1) is 0 Å². The van der Waals surface area contributed by atoms with Gasteiger partial charge < -0.3 is 24.2 Å². The van der Waals surface area contributed by atoms with Crippen molar-refractivity contribution in [3.05, 3.63) is 59.4 Å². The summed E-state index contributed by atoms with van der Waals surface area (Å²) in [6.45, 7) is 6.43. The van der Waals surface area contributed by atoms with E-state index >= 15 is 0 Å². The fourth-order valence-corrected chi connectivity index (χ4v) is 4.72. The Hall–Kier alpha value is -4.14. The van der Waals surface area contributed by atoms with Crippen LogP contribution in [0.15, 0.2) is 42.6 Å². The van der Waals surface area contributed by atoms with Crippen molar-refractivity contribution in [3.63, 3.8) is 0 Å². The molecule has 0 bridgehead atoms. The Bertz CT molecular complexity index is 1390. The molecule has 0 spiro atoms. The highest BCUT2D eigenvalue weighted by molar-refractivity contribution is 6.16. The predicted molar refractivity (Wildman–Crippen MR) is 141 cm³/mol. The second-order valence-corrected chi connectivity index (χ2v) is 9.84. The zero-order valence-electron chi connectivity index (χ0n) is 22.2. The van der Waals surface area contributed by atoms with E-state index < -0.39 is 17.5 Å². The first-order valence-corrected chi connectivity index (χ1v) is 12.5. The van der Waals surface area contributed by atoms with Crippen LogP contribution in [0, 0.1) is 0 Å². The Balaban J connectivity index is 1.74. The number of amides is 1. The Morgan fingerprint density at radius 2 is 1.63 bits per heavy atom. The number of aromatic nitrogens is 1. The summed E-state index contributed by atoms with van der Waals surface area (Å²) >= 11 is 0. The molecule has 1 N–H and O–H groups in total. The van der Waals surface area contributed by atoms with Crippen molar-refractivity contribution in [2.75, 3.05) is 27.3 Å². The van der Waals surface area contributed by atoms with Crippen LogP contribution in [0.25, 0.3) is 10.8 Å². The average Bonchev–Trinajstić information content (AvgIpc) is 3.45. The summed E-state index contributed by atoms with van der Waals surface area (Å²) in [6, 6.07) is 9.91. The van der Waals surface area contributed by atoms with Gasteiger partial charge in [0.15, 0.2) is 17.1 Å². The lowest BCUT2D eigenvalue weighted by Crippen LogP contribution is -2.47. The monoisotopic (exact) mass is 520 g/mol. The van der Waals surface area contributed by atoms with Crippen LogP contribution in [-0.4, -0.2) is 65.6 Å². The number of carboxylic acid groups (broad SMARTS) is 1. The molecule has 1 aliphatic rings. The number of fused-ring (bicyclic) bond motifs is 1. The molecule has 1 saturated heterocycles. The fourth-order valence-electron chi connectivity index (χ4n) is 4.72. The first-order chi connectivity index (χ1) is 18.1. The Morgan fingerprint density at radius 1 is 1.00 bits per heavy atom. The molecule has 0 saturated carbocycles. The number of benzene rings is 2. The van der Waals surface area contributed by atoms with Crippen molar-refractivity contribution in [1.29, 1.82) is 0 Å². The third kappa shape index (κ3) is 5.14. The molecule has 1 aromatic heterocycles. The molecule has 9 nitrogen and oxygen atoms in total. The molecule has 1 atom stereocenters. The number of rotatable bonds is 9. The van der Waals surface area contributed by atoms with Crippen LogP contribution >= 0.6 is 0 Å². The number of methoxy groups -OCH3 is 2. The molecule has 1 amide bonds. The first-order valence-electron chi connectivity index (χ1n) is 12.5. The number of hydrogen-bond acceptors (Lipinski definition) is 7. The van der Waals surface area contributed by atoms with Gasteiger partial charge in [-0.25, -0.2) is 0 Å². The molecule has 2 aromatic carbocycles. The van der Waals surface area contributed by atoms with E-state index in [4.69, 9.17) is 14.2 Å². The topological polar surface area (TPSA) is 115 Å². The number of carboxylic acids is 1. The van der Waals surface area contributed by atoms with Crippen LogP contribution < -0.4 is 14.2 Å². The number of pyridine rings is 1. The van der Waals surface area contributed by atoms with Gasteiger partial charge in [0.25, 0.3) is 5.91 Å². The zero-order chi connectivity index (χ0) is 27.6. The van der Waals surface area contributed by atoms with Crippen molar-refractivity contribution >= 4 is 28.4 Å². The van der Waals surface area contributed by atoms with E-state index in [1.165, 1.54) is 20.4 Å². The van der Waals surface area contributed by atoms with E-state index in [2.05, 4.69) is 4.98 Å². The van der Waals surface area contributed by atoms with Crippen molar-refractivity contribution < 1.29 is 33.7 Å². The van der Waals surface area contributed by atoms with E-state index in [0.717, 1.165) is 12.8 Å². The van der Waals surface area contributed by atoms with Crippen molar-refractivity contribution in [3.8, 4) is 17.2 Å². The molecule has 1 fully saturated rings. The van der Waals surface area contributed by atoms with Crippen LogP contribution in [-0.2, 0) is 9.59 Å². The second-order valence-electron chi connectivity index (χ2n) is 9.84. The summed E-state index contributed by atoms with van der Waals surface area (Å²) < 4.78 is 16.9. The number of aliphatic carboxylic acids is 1. The van der Waals surface area contributed by atoms with Gasteiger partial charge in [0.1, 0.15) is 11.4 Å². The summed E-state index contributed by atoms with van der Waals surface area (Å²) in [5.74, 6) is -1.18. The highest BCUT2D eigenvalue weighted by Crippen LogP contribution is 2.37. The third-order valence-corrected chi connectivity index (χ3v) is 6.85. The van der Waals surface area contributed by atoms with Crippen LogP contribution in [0.3, 0.4) is 0 Å². The highest BCUT2D eigenvalue weighted by Gasteiger charge is 2.35. The highest BCUT2D eigenvalue weighted by atomic mass is 16.5. The van der Waals surface area contributed by atoms with E-state index in [0.29, 0.717) is 52.2 Å². The molecular weight excluding hydrogens is 488 g/mol. The van der Waals surface area contributed by atoms with Crippen molar-refractivity contribution in [1.82, 2.24) is 9.88 Å². The molecule has 2 heterocycles. The molecule has 200 valence electrons. The van der Waals surface area contributed by atoms with Gasteiger partial charge >= 0.3 is 5.97 Å². The van der Waals surface area contributed by atoms with Gasteiger partial charge in [-0.2, -0.15) is 0 Å². The Morgan fingerprint density at radius 3 is 2.24 bits per heavy atom. The number of carbonyl (C=O) groups is 3. The maximum absolute atomic E-state index is 13.7.